The van der Waals surface area contributed by atoms with Crippen LogP contribution in [-0.4, -0.2) is 36.2 Å². The Morgan fingerprint density at radius 3 is 2.87 bits per heavy atom. The monoisotopic (exact) mass is 314 g/mol. The second kappa shape index (κ2) is 6.86. The molecule has 0 unspecified atom stereocenters. The first-order valence-corrected chi connectivity index (χ1v) is 8.03. The van der Waals surface area contributed by atoms with Gasteiger partial charge in [-0.05, 0) is 30.9 Å². The molecule has 0 bridgehead atoms. The van der Waals surface area contributed by atoms with E-state index in [1.54, 1.807) is 7.11 Å². The molecule has 0 saturated carbocycles. The number of methoxy groups -OCH3 is 1. The molecule has 2 aromatic rings. The standard InChI is InChI=1S/C18H22N2O3/c1-13-6-8-20(9-7-13)18(21)12-15-11-17(23-19-15)14-4-3-5-16(10-14)22-2/h3-5,10-11,13H,6-9,12H2,1-2H3. The fourth-order valence-corrected chi connectivity index (χ4v) is 2.83. The highest BCUT2D eigenvalue weighted by Crippen LogP contribution is 2.25. The molecule has 1 fully saturated rings. The number of rotatable bonds is 4. The van der Waals surface area contributed by atoms with E-state index in [0.717, 1.165) is 37.2 Å². The molecule has 1 amide bonds. The zero-order valence-electron chi connectivity index (χ0n) is 13.6. The molecule has 23 heavy (non-hydrogen) atoms. The van der Waals surface area contributed by atoms with Gasteiger partial charge in [-0.3, -0.25) is 4.79 Å². The summed E-state index contributed by atoms with van der Waals surface area (Å²) in [4.78, 5) is 14.3. The Balaban J connectivity index is 1.66. The molecule has 0 spiro atoms. The minimum Gasteiger partial charge on any atom is -0.497 e. The van der Waals surface area contributed by atoms with Crippen molar-refractivity contribution in [1.82, 2.24) is 10.1 Å². The van der Waals surface area contributed by atoms with Gasteiger partial charge in [-0.25, -0.2) is 0 Å². The number of carbonyl (C=O) groups is 1. The van der Waals surface area contributed by atoms with Crippen LogP contribution in [0.3, 0.4) is 0 Å². The fraction of sp³-hybridized carbons (Fsp3) is 0.444. The summed E-state index contributed by atoms with van der Waals surface area (Å²) in [5.41, 5.74) is 1.56. The highest BCUT2D eigenvalue weighted by atomic mass is 16.5. The lowest BCUT2D eigenvalue weighted by atomic mass is 9.99. The second-order valence-corrected chi connectivity index (χ2v) is 6.15. The van der Waals surface area contributed by atoms with Crippen molar-refractivity contribution in [1.29, 1.82) is 0 Å². The van der Waals surface area contributed by atoms with Gasteiger partial charge < -0.3 is 14.2 Å². The Morgan fingerprint density at radius 1 is 1.35 bits per heavy atom. The smallest absolute Gasteiger partial charge is 0.228 e. The quantitative estimate of drug-likeness (QED) is 0.870. The maximum Gasteiger partial charge on any atom is 0.228 e. The zero-order valence-corrected chi connectivity index (χ0v) is 13.6. The lowest BCUT2D eigenvalue weighted by molar-refractivity contribution is -0.131. The highest BCUT2D eigenvalue weighted by Gasteiger charge is 2.21. The summed E-state index contributed by atoms with van der Waals surface area (Å²) < 4.78 is 10.6. The lowest BCUT2D eigenvalue weighted by Gasteiger charge is -2.30. The van der Waals surface area contributed by atoms with Gasteiger partial charge >= 0.3 is 0 Å². The molecule has 3 rings (SSSR count). The van der Waals surface area contributed by atoms with Crippen LogP contribution in [0.15, 0.2) is 34.9 Å². The van der Waals surface area contributed by atoms with E-state index >= 15 is 0 Å². The Hall–Kier alpha value is -2.30. The van der Waals surface area contributed by atoms with Gasteiger partial charge in [0.2, 0.25) is 5.91 Å². The summed E-state index contributed by atoms with van der Waals surface area (Å²) >= 11 is 0. The number of hydrogen-bond acceptors (Lipinski definition) is 4. The number of benzene rings is 1. The summed E-state index contributed by atoms with van der Waals surface area (Å²) in [6.07, 6.45) is 2.46. The van der Waals surface area contributed by atoms with Crippen LogP contribution >= 0.6 is 0 Å². The van der Waals surface area contributed by atoms with E-state index in [4.69, 9.17) is 9.26 Å². The third-order valence-corrected chi connectivity index (χ3v) is 4.38. The summed E-state index contributed by atoms with van der Waals surface area (Å²) in [6, 6.07) is 9.43. The molecule has 1 aliphatic rings. The minimum atomic E-state index is 0.127. The van der Waals surface area contributed by atoms with E-state index < -0.39 is 0 Å². The van der Waals surface area contributed by atoms with Crippen molar-refractivity contribution >= 4 is 5.91 Å². The van der Waals surface area contributed by atoms with Crippen molar-refractivity contribution in [3.05, 3.63) is 36.0 Å². The number of aromatic nitrogens is 1. The summed E-state index contributed by atoms with van der Waals surface area (Å²) in [5, 5.41) is 4.03. The molecule has 5 heteroatoms. The van der Waals surface area contributed by atoms with Crippen molar-refractivity contribution in [2.24, 2.45) is 5.92 Å². The van der Waals surface area contributed by atoms with Crippen molar-refractivity contribution in [3.63, 3.8) is 0 Å². The number of carbonyl (C=O) groups excluding carboxylic acids is 1. The highest BCUT2D eigenvalue weighted by molar-refractivity contribution is 5.78. The van der Waals surface area contributed by atoms with Crippen molar-refractivity contribution in [2.45, 2.75) is 26.2 Å². The Bertz CT molecular complexity index is 672. The van der Waals surface area contributed by atoms with E-state index in [1.807, 2.05) is 35.2 Å². The third kappa shape index (κ3) is 3.73. The van der Waals surface area contributed by atoms with Crippen LogP contribution < -0.4 is 4.74 Å². The number of hydrogen-bond donors (Lipinski definition) is 0. The van der Waals surface area contributed by atoms with Gasteiger partial charge in [-0.15, -0.1) is 0 Å². The first kappa shape index (κ1) is 15.6. The van der Waals surface area contributed by atoms with Gasteiger partial charge in [0.05, 0.1) is 19.2 Å². The molecule has 0 radical (unpaired) electrons. The Morgan fingerprint density at radius 2 is 2.13 bits per heavy atom. The fourth-order valence-electron chi connectivity index (χ4n) is 2.83. The predicted molar refractivity (Wildman–Crippen MR) is 87.2 cm³/mol. The largest absolute Gasteiger partial charge is 0.497 e. The number of likely N-dealkylation sites (tertiary alicyclic amines) is 1. The van der Waals surface area contributed by atoms with E-state index in [-0.39, 0.29) is 5.91 Å². The van der Waals surface area contributed by atoms with E-state index in [2.05, 4.69) is 12.1 Å². The average Bonchev–Trinajstić information content (AvgIpc) is 3.04. The molecule has 122 valence electrons. The molecule has 5 nitrogen and oxygen atoms in total. The molecule has 0 atom stereocenters. The number of nitrogens with zero attached hydrogens (tertiary/aromatic N) is 2. The molecule has 1 saturated heterocycles. The van der Waals surface area contributed by atoms with Crippen LogP contribution in [0, 0.1) is 5.92 Å². The molecule has 1 aromatic heterocycles. The molecular weight excluding hydrogens is 292 g/mol. The number of piperidine rings is 1. The first-order chi connectivity index (χ1) is 11.2. The predicted octanol–water partition coefficient (Wildman–Crippen LogP) is 3.15. The normalized spacial score (nSPS) is 15.7. The molecule has 1 aliphatic heterocycles. The topological polar surface area (TPSA) is 55.6 Å². The van der Waals surface area contributed by atoms with Crippen molar-refractivity contribution in [3.8, 4) is 17.1 Å². The minimum absolute atomic E-state index is 0.127. The zero-order chi connectivity index (χ0) is 16.2. The second-order valence-electron chi connectivity index (χ2n) is 6.15. The van der Waals surface area contributed by atoms with E-state index in [0.29, 0.717) is 23.8 Å². The molecule has 1 aromatic carbocycles. The third-order valence-electron chi connectivity index (χ3n) is 4.38. The van der Waals surface area contributed by atoms with Crippen LogP contribution in [0.1, 0.15) is 25.5 Å². The Labute approximate surface area is 136 Å². The molecule has 0 aliphatic carbocycles. The van der Waals surface area contributed by atoms with Gasteiger partial charge in [0.1, 0.15) is 5.75 Å². The van der Waals surface area contributed by atoms with Gasteiger partial charge in [0.25, 0.3) is 0 Å². The van der Waals surface area contributed by atoms with Gasteiger partial charge in [-0.2, -0.15) is 0 Å². The van der Waals surface area contributed by atoms with Gasteiger partial charge in [-0.1, -0.05) is 24.2 Å². The maximum absolute atomic E-state index is 12.3. The van der Waals surface area contributed by atoms with Crippen LogP contribution in [-0.2, 0) is 11.2 Å². The summed E-state index contributed by atoms with van der Waals surface area (Å²) in [5.74, 6) is 2.26. The van der Waals surface area contributed by atoms with Crippen molar-refractivity contribution in [2.75, 3.05) is 20.2 Å². The van der Waals surface area contributed by atoms with Crippen LogP contribution in [0.4, 0.5) is 0 Å². The molecular formula is C18H22N2O3. The number of amides is 1. The van der Waals surface area contributed by atoms with Crippen LogP contribution in [0.25, 0.3) is 11.3 Å². The van der Waals surface area contributed by atoms with Gasteiger partial charge in [0.15, 0.2) is 5.76 Å². The summed E-state index contributed by atoms with van der Waals surface area (Å²) in [6.45, 7) is 3.93. The van der Waals surface area contributed by atoms with Crippen molar-refractivity contribution < 1.29 is 14.1 Å². The van der Waals surface area contributed by atoms with E-state index in [9.17, 15) is 4.79 Å². The van der Waals surface area contributed by atoms with Crippen LogP contribution in [0.2, 0.25) is 0 Å². The number of ether oxygens (including phenoxy) is 1. The molecule has 2 heterocycles. The first-order valence-electron chi connectivity index (χ1n) is 8.03. The summed E-state index contributed by atoms with van der Waals surface area (Å²) in [7, 11) is 1.63. The Kier molecular flexibility index (Phi) is 4.65. The maximum atomic E-state index is 12.3. The van der Waals surface area contributed by atoms with Gasteiger partial charge in [0, 0.05) is 24.7 Å². The lowest BCUT2D eigenvalue weighted by Crippen LogP contribution is -2.38. The average molecular weight is 314 g/mol. The van der Waals surface area contributed by atoms with E-state index in [1.165, 1.54) is 0 Å². The molecule has 0 N–H and O–H groups in total. The SMILES string of the molecule is COc1cccc(-c2cc(CC(=O)N3CCC(C)CC3)no2)c1. The van der Waals surface area contributed by atoms with Crippen LogP contribution in [0.5, 0.6) is 5.75 Å².